The molecule has 2 nitrogen and oxygen atoms in total. The maximum Gasteiger partial charge on any atom is 0.305 e. The molecule has 0 amide bonds. The number of ether oxygens (including phenoxy) is 1. The quantitative estimate of drug-likeness (QED) is 0.263. The molecule has 0 rings (SSSR count). The summed E-state index contributed by atoms with van der Waals surface area (Å²) in [6, 6.07) is 0. The van der Waals surface area contributed by atoms with Gasteiger partial charge in [0, 0.05) is 6.42 Å². The standard InChI is InChI=1S/C19H38O2/c1-4-5-6-7-8-9-10-11-12-13-14-17-21-19(20)16-15-18(2)3/h18H,4-17H2,1-3H3. The van der Waals surface area contributed by atoms with E-state index in [0.717, 1.165) is 12.8 Å². The highest BCUT2D eigenvalue weighted by Crippen LogP contribution is 2.11. The van der Waals surface area contributed by atoms with E-state index >= 15 is 0 Å². The third-order valence-electron chi connectivity index (χ3n) is 3.94. The summed E-state index contributed by atoms with van der Waals surface area (Å²) in [5, 5.41) is 0. The minimum absolute atomic E-state index is 0.0178. The lowest BCUT2D eigenvalue weighted by Crippen LogP contribution is -2.06. The summed E-state index contributed by atoms with van der Waals surface area (Å²) in [5.41, 5.74) is 0. The molecule has 0 radical (unpaired) electrons. The fraction of sp³-hybridized carbons (Fsp3) is 0.947. The van der Waals surface area contributed by atoms with Crippen LogP contribution >= 0.6 is 0 Å². The Morgan fingerprint density at radius 2 is 1.29 bits per heavy atom. The molecule has 0 saturated carbocycles. The maximum absolute atomic E-state index is 11.4. The van der Waals surface area contributed by atoms with Crippen LogP contribution in [0.2, 0.25) is 0 Å². The van der Waals surface area contributed by atoms with Crippen LogP contribution in [0.5, 0.6) is 0 Å². The van der Waals surface area contributed by atoms with Crippen molar-refractivity contribution in [1.82, 2.24) is 0 Å². The number of hydrogen-bond acceptors (Lipinski definition) is 2. The lowest BCUT2D eigenvalue weighted by atomic mass is 10.1. The first-order valence-electron chi connectivity index (χ1n) is 9.32. The molecule has 0 fully saturated rings. The van der Waals surface area contributed by atoms with Gasteiger partial charge in [-0.2, -0.15) is 0 Å². The minimum atomic E-state index is -0.0178. The molecule has 0 aliphatic carbocycles. The number of carbonyl (C=O) groups is 1. The van der Waals surface area contributed by atoms with Gasteiger partial charge in [0.05, 0.1) is 6.61 Å². The zero-order valence-electron chi connectivity index (χ0n) is 14.8. The zero-order valence-corrected chi connectivity index (χ0v) is 14.8. The molecular weight excluding hydrogens is 260 g/mol. The van der Waals surface area contributed by atoms with Crippen LogP contribution in [0.4, 0.5) is 0 Å². The molecule has 21 heavy (non-hydrogen) atoms. The summed E-state index contributed by atoms with van der Waals surface area (Å²) in [4.78, 5) is 11.4. The van der Waals surface area contributed by atoms with Gasteiger partial charge < -0.3 is 4.74 Å². The van der Waals surface area contributed by atoms with Crippen LogP contribution in [0.1, 0.15) is 104 Å². The minimum Gasteiger partial charge on any atom is -0.466 e. The maximum atomic E-state index is 11.4. The summed E-state index contributed by atoms with van der Waals surface area (Å²) in [6.45, 7) is 7.16. The molecule has 0 saturated heterocycles. The summed E-state index contributed by atoms with van der Waals surface area (Å²) < 4.78 is 5.24. The van der Waals surface area contributed by atoms with Crippen molar-refractivity contribution in [2.45, 2.75) is 104 Å². The number of unbranched alkanes of at least 4 members (excludes halogenated alkanes) is 10. The van der Waals surface area contributed by atoms with Gasteiger partial charge in [-0.15, -0.1) is 0 Å². The van der Waals surface area contributed by atoms with Crippen LogP contribution in [0, 0.1) is 5.92 Å². The van der Waals surface area contributed by atoms with E-state index in [-0.39, 0.29) is 5.97 Å². The second-order valence-corrected chi connectivity index (χ2v) is 6.69. The highest BCUT2D eigenvalue weighted by atomic mass is 16.5. The molecule has 126 valence electrons. The molecule has 0 spiro atoms. The van der Waals surface area contributed by atoms with Crippen molar-refractivity contribution in [3.63, 3.8) is 0 Å². The Morgan fingerprint density at radius 1 is 0.810 bits per heavy atom. The summed E-state index contributed by atoms with van der Waals surface area (Å²) >= 11 is 0. The lowest BCUT2D eigenvalue weighted by molar-refractivity contribution is -0.144. The summed E-state index contributed by atoms with van der Waals surface area (Å²) in [7, 11) is 0. The van der Waals surface area contributed by atoms with E-state index in [0.29, 0.717) is 18.9 Å². The Morgan fingerprint density at radius 3 is 1.76 bits per heavy atom. The van der Waals surface area contributed by atoms with Gasteiger partial charge in [0.15, 0.2) is 0 Å². The van der Waals surface area contributed by atoms with Crippen molar-refractivity contribution >= 4 is 5.97 Å². The van der Waals surface area contributed by atoms with Gasteiger partial charge in [-0.1, -0.05) is 85.0 Å². The average Bonchev–Trinajstić information content (AvgIpc) is 2.46. The average molecular weight is 299 g/mol. The number of esters is 1. The third kappa shape index (κ3) is 17.4. The fourth-order valence-corrected chi connectivity index (χ4v) is 2.43. The Kier molecular flexibility index (Phi) is 15.5. The molecule has 0 aliphatic rings. The number of carbonyl (C=O) groups excluding carboxylic acids is 1. The van der Waals surface area contributed by atoms with Gasteiger partial charge in [-0.05, 0) is 18.8 Å². The van der Waals surface area contributed by atoms with E-state index in [4.69, 9.17) is 4.74 Å². The SMILES string of the molecule is CCCCCCCCCCCCCOC(=O)CCC(C)C. The van der Waals surface area contributed by atoms with Crippen molar-refractivity contribution in [2.24, 2.45) is 5.92 Å². The van der Waals surface area contributed by atoms with E-state index in [1.54, 1.807) is 0 Å². The molecular formula is C19H38O2. The Hall–Kier alpha value is -0.530. The van der Waals surface area contributed by atoms with E-state index in [2.05, 4.69) is 20.8 Å². The molecule has 0 heterocycles. The van der Waals surface area contributed by atoms with Crippen LogP contribution in [-0.2, 0) is 9.53 Å². The first-order chi connectivity index (χ1) is 10.2. The fourth-order valence-electron chi connectivity index (χ4n) is 2.43. The Balaban J connectivity index is 3.10. The topological polar surface area (TPSA) is 26.3 Å². The molecule has 0 atom stereocenters. The van der Waals surface area contributed by atoms with E-state index in [1.807, 2.05) is 0 Å². The molecule has 0 aromatic heterocycles. The predicted molar refractivity (Wildman–Crippen MR) is 91.5 cm³/mol. The highest BCUT2D eigenvalue weighted by molar-refractivity contribution is 5.69. The molecule has 0 aliphatic heterocycles. The van der Waals surface area contributed by atoms with Crippen molar-refractivity contribution in [1.29, 1.82) is 0 Å². The largest absolute Gasteiger partial charge is 0.466 e. The molecule has 0 aromatic carbocycles. The van der Waals surface area contributed by atoms with Crippen molar-refractivity contribution < 1.29 is 9.53 Å². The van der Waals surface area contributed by atoms with Gasteiger partial charge in [0.25, 0.3) is 0 Å². The monoisotopic (exact) mass is 298 g/mol. The Labute approximate surface area is 133 Å². The van der Waals surface area contributed by atoms with Crippen LogP contribution in [-0.4, -0.2) is 12.6 Å². The molecule has 0 unspecified atom stereocenters. The smallest absolute Gasteiger partial charge is 0.305 e. The molecule has 0 bridgehead atoms. The predicted octanol–water partition coefficient (Wildman–Crippen LogP) is 6.28. The van der Waals surface area contributed by atoms with E-state index < -0.39 is 0 Å². The van der Waals surface area contributed by atoms with Crippen molar-refractivity contribution in [3.8, 4) is 0 Å². The van der Waals surface area contributed by atoms with Crippen LogP contribution in [0.3, 0.4) is 0 Å². The molecule has 0 aromatic rings. The second-order valence-electron chi connectivity index (χ2n) is 6.69. The van der Waals surface area contributed by atoms with Crippen LogP contribution in [0.15, 0.2) is 0 Å². The molecule has 2 heteroatoms. The van der Waals surface area contributed by atoms with Crippen LogP contribution < -0.4 is 0 Å². The third-order valence-corrected chi connectivity index (χ3v) is 3.94. The highest BCUT2D eigenvalue weighted by Gasteiger charge is 2.04. The van der Waals surface area contributed by atoms with Gasteiger partial charge in [0.2, 0.25) is 0 Å². The molecule has 0 N–H and O–H groups in total. The number of hydrogen-bond donors (Lipinski definition) is 0. The van der Waals surface area contributed by atoms with Crippen molar-refractivity contribution in [3.05, 3.63) is 0 Å². The van der Waals surface area contributed by atoms with Gasteiger partial charge in [0.1, 0.15) is 0 Å². The zero-order chi connectivity index (χ0) is 15.8. The Bertz CT molecular complexity index is 224. The first kappa shape index (κ1) is 20.5. The lowest BCUT2D eigenvalue weighted by Gasteiger charge is -2.06. The summed E-state index contributed by atoms with van der Waals surface area (Å²) in [5.74, 6) is 0.565. The van der Waals surface area contributed by atoms with E-state index in [9.17, 15) is 4.79 Å². The van der Waals surface area contributed by atoms with E-state index in [1.165, 1.54) is 64.2 Å². The van der Waals surface area contributed by atoms with Gasteiger partial charge in [-0.25, -0.2) is 0 Å². The normalized spacial score (nSPS) is 11.0. The number of rotatable bonds is 15. The van der Waals surface area contributed by atoms with Gasteiger partial charge in [-0.3, -0.25) is 4.79 Å². The van der Waals surface area contributed by atoms with Crippen molar-refractivity contribution in [2.75, 3.05) is 6.61 Å². The summed E-state index contributed by atoms with van der Waals surface area (Å²) in [6.07, 6.45) is 16.1. The first-order valence-corrected chi connectivity index (χ1v) is 9.32. The second kappa shape index (κ2) is 15.9. The van der Waals surface area contributed by atoms with Crippen LogP contribution in [0.25, 0.3) is 0 Å². The van der Waals surface area contributed by atoms with Gasteiger partial charge >= 0.3 is 5.97 Å².